The van der Waals surface area contributed by atoms with Crippen LogP contribution in [0.25, 0.3) is 0 Å². The Balaban J connectivity index is 1.37. The van der Waals surface area contributed by atoms with Gasteiger partial charge in [-0.3, -0.25) is 18.8 Å². The fourth-order valence-corrected chi connectivity index (χ4v) is 3.60. The zero-order chi connectivity index (χ0) is 20.8. The number of methoxy groups -OCH3 is 1. The topological polar surface area (TPSA) is 71.7 Å². The molecule has 29 heavy (non-hydrogen) atoms. The van der Waals surface area contributed by atoms with Crippen LogP contribution in [0, 0.1) is 0 Å². The quantitative estimate of drug-likeness (QED) is 0.668. The largest absolute Gasteiger partial charge is 0.497 e. The van der Waals surface area contributed by atoms with Crippen molar-refractivity contribution in [2.75, 3.05) is 56.6 Å². The summed E-state index contributed by atoms with van der Waals surface area (Å²) in [4.78, 5) is 28.6. The van der Waals surface area contributed by atoms with Crippen molar-refractivity contribution in [1.82, 2.24) is 14.0 Å². The van der Waals surface area contributed by atoms with Gasteiger partial charge in [-0.1, -0.05) is 0 Å². The third kappa shape index (κ3) is 5.20. The fraction of sp³-hybridized carbons (Fsp3) is 0.524. The predicted octanol–water partition coefficient (Wildman–Crippen LogP) is 1.11. The second kappa shape index (κ2) is 9.65. The van der Waals surface area contributed by atoms with E-state index in [1.54, 1.807) is 14.2 Å². The molecule has 2 aromatic rings. The molecule has 1 aliphatic rings. The van der Waals surface area contributed by atoms with Crippen LogP contribution in [0.2, 0.25) is 0 Å². The van der Waals surface area contributed by atoms with Crippen LogP contribution in [0.15, 0.2) is 39.9 Å². The number of piperazine rings is 1. The number of rotatable bonds is 8. The Kier molecular flexibility index (Phi) is 6.98. The molecule has 1 N–H and O–H groups in total. The van der Waals surface area contributed by atoms with Crippen LogP contribution in [-0.2, 0) is 14.1 Å². The van der Waals surface area contributed by atoms with E-state index in [1.807, 2.05) is 12.1 Å². The van der Waals surface area contributed by atoms with E-state index in [0.29, 0.717) is 5.82 Å². The highest BCUT2D eigenvalue weighted by Crippen LogP contribution is 2.20. The predicted molar refractivity (Wildman–Crippen MR) is 116 cm³/mol. The molecule has 0 spiro atoms. The second-order valence-corrected chi connectivity index (χ2v) is 7.43. The second-order valence-electron chi connectivity index (χ2n) is 7.43. The van der Waals surface area contributed by atoms with Crippen molar-refractivity contribution in [1.29, 1.82) is 0 Å². The Hall–Kier alpha value is -2.74. The van der Waals surface area contributed by atoms with Gasteiger partial charge in [-0.2, -0.15) is 0 Å². The molecule has 8 heteroatoms. The minimum atomic E-state index is -0.310. The summed E-state index contributed by atoms with van der Waals surface area (Å²) in [5, 5.41) is 3.21. The molecule has 1 saturated heterocycles. The highest BCUT2D eigenvalue weighted by molar-refractivity contribution is 5.49. The van der Waals surface area contributed by atoms with Gasteiger partial charge in [0, 0.05) is 58.6 Å². The van der Waals surface area contributed by atoms with Crippen molar-refractivity contribution < 1.29 is 4.74 Å². The first-order valence-corrected chi connectivity index (χ1v) is 10.1. The molecule has 2 heterocycles. The van der Waals surface area contributed by atoms with Crippen molar-refractivity contribution in [2.45, 2.75) is 12.8 Å². The number of hydrogen-bond donors (Lipinski definition) is 1. The van der Waals surface area contributed by atoms with E-state index in [1.165, 1.54) is 23.4 Å². The molecule has 0 radical (unpaired) electrons. The van der Waals surface area contributed by atoms with Crippen LogP contribution >= 0.6 is 0 Å². The normalized spacial score (nSPS) is 14.8. The lowest BCUT2D eigenvalue weighted by atomic mass is 10.2. The van der Waals surface area contributed by atoms with Gasteiger partial charge < -0.3 is 15.0 Å². The van der Waals surface area contributed by atoms with Crippen molar-refractivity contribution in [3.05, 3.63) is 51.2 Å². The summed E-state index contributed by atoms with van der Waals surface area (Å²) in [5.41, 5.74) is 0.648. The third-order valence-electron chi connectivity index (χ3n) is 5.54. The molecule has 0 aliphatic carbocycles. The lowest BCUT2D eigenvalue weighted by molar-refractivity contribution is 0.254. The van der Waals surface area contributed by atoms with Crippen LogP contribution in [-0.4, -0.2) is 60.4 Å². The standard InChI is InChI=1S/C21H31N5O3/c1-23-19(16-20(27)24(2)21(23)28)22-10-4-5-11-25-12-14-26(15-13-25)17-6-8-18(29-3)9-7-17/h6-9,16,22H,4-5,10-15H2,1-3H3. The summed E-state index contributed by atoms with van der Waals surface area (Å²) < 4.78 is 7.80. The molecule has 1 fully saturated rings. The van der Waals surface area contributed by atoms with Crippen LogP contribution < -0.4 is 26.2 Å². The zero-order valence-corrected chi connectivity index (χ0v) is 17.6. The van der Waals surface area contributed by atoms with Gasteiger partial charge in [0.1, 0.15) is 11.6 Å². The Morgan fingerprint density at radius 2 is 1.66 bits per heavy atom. The minimum Gasteiger partial charge on any atom is -0.497 e. The molecule has 3 rings (SSSR count). The molecular formula is C21H31N5O3. The molecule has 0 saturated carbocycles. The highest BCUT2D eigenvalue weighted by Gasteiger charge is 2.16. The average molecular weight is 402 g/mol. The van der Waals surface area contributed by atoms with Gasteiger partial charge in [-0.05, 0) is 43.7 Å². The maximum absolute atomic E-state index is 11.9. The van der Waals surface area contributed by atoms with Crippen LogP contribution in [0.4, 0.5) is 11.5 Å². The molecule has 0 atom stereocenters. The SMILES string of the molecule is COc1ccc(N2CCN(CCCCNc3cc(=O)n(C)c(=O)n3C)CC2)cc1. The van der Waals surface area contributed by atoms with E-state index in [4.69, 9.17) is 4.74 Å². The smallest absolute Gasteiger partial charge is 0.332 e. The summed E-state index contributed by atoms with van der Waals surface area (Å²) >= 11 is 0. The maximum atomic E-state index is 11.9. The Bertz CT molecular complexity index is 911. The van der Waals surface area contributed by atoms with Crippen LogP contribution in [0.1, 0.15) is 12.8 Å². The van der Waals surface area contributed by atoms with E-state index < -0.39 is 0 Å². The summed E-state index contributed by atoms with van der Waals surface area (Å²) in [5.74, 6) is 1.46. The monoisotopic (exact) mass is 401 g/mol. The van der Waals surface area contributed by atoms with E-state index in [9.17, 15) is 9.59 Å². The van der Waals surface area contributed by atoms with Gasteiger partial charge in [0.15, 0.2) is 0 Å². The summed E-state index contributed by atoms with van der Waals surface area (Å²) in [7, 11) is 4.85. The lowest BCUT2D eigenvalue weighted by Crippen LogP contribution is -2.46. The number of ether oxygens (including phenoxy) is 1. The summed E-state index contributed by atoms with van der Waals surface area (Å²) in [6.07, 6.45) is 2.07. The Morgan fingerprint density at radius 3 is 2.31 bits per heavy atom. The van der Waals surface area contributed by atoms with Crippen LogP contribution in [0.5, 0.6) is 5.75 Å². The summed E-state index contributed by atoms with van der Waals surface area (Å²) in [6.45, 7) is 5.98. The molecule has 1 aromatic carbocycles. The van der Waals surface area contributed by atoms with Gasteiger partial charge in [-0.15, -0.1) is 0 Å². The highest BCUT2D eigenvalue weighted by atomic mass is 16.5. The molecule has 0 unspecified atom stereocenters. The average Bonchev–Trinajstić information content (AvgIpc) is 2.76. The van der Waals surface area contributed by atoms with Crippen LogP contribution in [0.3, 0.4) is 0 Å². The molecule has 0 amide bonds. The van der Waals surface area contributed by atoms with E-state index in [-0.39, 0.29) is 11.2 Å². The number of nitrogens with zero attached hydrogens (tertiary/aromatic N) is 4. The number of anilines is 2. The first kappa shape index (κ1) is 21.0. The number of unbranched alkanes of at least 4 members (excludes halogenated alkanes) is 1. The van der Waals surface area contributed by atoms with Crippen molar-refractivity contribution in [3.8, 4) is 5.75 Å². The molecule has 8 nitrogen and oxygen atoms in total. The van der Waals surface area contributed by atoms with E-state index >= 15 is 0 Å². The van der Waals surface area contributed by atoms with Gasteiger partial charge in [0.05, 0.1) is 7.11 Å². The van der Waals surface area contributed by atoms with Gasteiger partial charge >= 0.3 is 5.69 Å². The van der Waals surface area contributed by atoms with Gasteiger partial charge in [0.25, 0.3) is 5.56 Å². The van der Waals surface area contributed by atoms with Crippen molar-refractivity contribution in [2.24, 2.45) is 14.1 Å². The number of aromatic nitrogens is 2. The Labute approximate surface area is 171 Å². The minimum absolute atomic E-state index is 0.287. The Morgan fingerprint density at radius 1 is 0.966 bits per heavy atom. The first-order chi connectivity index (χ1) is 14.0. The fourth-order valence-electron chi connectivity index (χ4n) is 3.60. The summed E-state index contributed by atoms with van der Waals surface area (Å²) in [6, 6.07) is 9.72. The zero-order valence-electron chi connectivity index (χ0n) is 17.6. The molecular weight excluding hydrogens is 370 g/mol. The number of hydrogen-bond acceptors (Lipinski definition) is 6. The molecule has 158 valence electrons. The number of nitrogens with one attached hydrogen (secondary N) is 1. The van der Waals surface area contributed by atoms with Crippen molar-refractivity contribution >= 4 is 11.5 Å². The molecule has 1 aliphatic heterocycles. The number of benzene rings is 1. The molecule has 0 bridgehead atoms. The first-order valence-electron chi connectivity index (χ1n) is 10.1. The maximum Gasteiger partial charge on any atom is 0.332 e. The van der Waals surface area contributed by atoms with E-state index in [2.05, 4.69) is 27.2 Å². The van der Waals surface area contributed by atoms with Gasteiger partial charge in [0.2, 0.25) is 0 Å². The lowest BCUT2D eigenvalue weighted by Gasteiger charge is -2.36. The van der Waals surface area contributed by atoms with Crippen molar-refractivity contribution in [3.63, 3.8) is 0 Å². The third-order valence-corrected chi connectivity index (χ3v) is 5.54. The van der Waals surface area contributed by atoms with E-state index in [0.717, 1.165) is 62.4 Å². The van der Waals surface area contributed by atoms with Gasteiger partial charge in [-0.25, -0.2) is 4.79 Å². The molecule has 1 aromatic heterocycles.